The second kappa shape index (κ2) is 4.21. The third-order valence-corrected chi connectivity index (χ3v) is 2.95. The van der Waals surface area contributed by atoms with Crippen LogP contribution in [0.15, 0.2) is 0 Å². The van der Waals surface area contributed by atoms with Crippen molar-refractivity contribution in [3.63, 3.8) is 0 Å². The monoisotopic (exact) mass is 224 g/mol. The molecule has 0 saturated heterocycles. The SMILES string of the molecule is COCCc1c(C(N)=O)nnn1C1CC1C. The average molecular weight is 224 g/mol. The smallest absolute Gasteiger partial charge is 0.271 e. The normalized spacial score (nSPS) is 23.4. The molecule has 0 aliphatic heterocycles. The number of methoxy groups -OCH3 is 1. The maximum absolute atomic E-state index is 11.2. The quantitative estimate of drug-likeness (QED) is 0.771. The molecule has 1 aromatic rings. The minimum absolute atomic E-state index is 0.274. The van der Waals surface area contributed by atoms with Gasteiger partial charge in [0.05, 0.1) is 18.3 Å². The molecule has 0 bridgehead atoms. The second-order valence-corrected chi connectivity index (χ2v) is 4.22. The molecular formula is C10H16N4O2. The minimum Gasteiger partial charge on any atom is -0.384 e. The number of rotatable bonds is 5. The molecule has 1 fully saturated rings. The van der Waals surface area contributed by atoms with Crippen molar-refractivity contribution in [2.24, 2.45) is 11.7 Å². The first-order valence-electron chi connectivity index (χ1n) is 5.38. The Morgan fingerprint density at radius 3 is 2.88 bits per heavy atom. The van der Waals surface area contributed by atoms with Crippen LogP contribution in [0.3, 0.4) is 0 Å². The van der Waals surface area contributed by atoms with Crippen LogP contribution in [0, 0.1) is 5.92 Å². The van der Waals surface area contributed by atoms with E-state index in [2.05, 4.69) is 17.2 Å². The van der Waals surface area contributed by atoms with Gasteiger partial charge >= 0.3 is 0 Å². The van der Waals surface area contributed by atoms with E-state index >= 15 is 0 Å². The molecule has 6 nitrogen and oxygen atoms in total. The summed E-state index contributed by atoms with van der Waals surface area (Å²) in [4.78, 5) is 11.2. The average Bonchev–Trinajstić information content (AvgIpc) is 2.80. The number of nitrogens with zero attached hydrogens (tertiary/aromatic N) is 3. The van der Waals surface area contributed by atoms with Gasteiger partial charge in [-0.2, -0.15) is 0 Å². The molecule has 2 N–H and O–H groups in total. The number of hydrogen-bond donors (Lipinski definition) is 1. The summed E-state index contributed by atoms with van der Waals surface area (Å²) in [6.07, 6.45) is 1.70. The number of amides is 1. The summed E-state index contributed by atoms with van der Waals surface area (Å²) in [6, 6.07) is 0.368. The van der Waals surface area contributed by atoms with Crippen LogP contribution in [0.5, 0.6) is 0 Å². The maximum Gasteiger partial charge on any atom is 0.271 e. The van der Waals surface area contributed by atoms with E-state index in [1.54, 1.807) is 7.11 Å². The van der Waals surface area contributed by atoms with E-state index in [0.29, 0.717) is 25.0 Å². The van der Waals surface area contributed by atoms with Crippen molar-refractivity contribution in [3.05, 3.63) is 11.4 Å². The number of carbonyl (C=O) groups is 1. The first-order chi connectivity index (χ1) is 7.65. The van der Waals surface area contributed by atoms with Crippen LogP contribution in [0.2, 0.25) is 0 Å². The van der Waals surface area contributed by atoms with Gasteiger partial charge in [-0.25, -0.2) is 4.68 Å². The van der Waals surface area contributed by atoms with E-state index in [1.807, 2.05) is 4.68 Å². The number of aromatic nitrogens is 3. The van der Waals surface area contributed by atoms with E-state index in [0.717, 1.165) is 12.1 Å². The molecule has 1 aliphatic rings. The standard InChI is InChI=1S/C10H16N4O2/c1-6-5-8(6)14-7(3-4-16-2)9(10(11)15)12-13-14/h6,8H,3-5H2,1-2H3,(H2,11,15). The molecule has 1 saturated carbocycles. The predicted octanol–water partition coefficient (Wildman–Crippen LogP) is 0.147. The Kier molecular flexibility index (Phi) is 2.91. The van der Waals surface area contributed by atoms with E-state index in [4.69, 9.17) is 10.5 Å². The topological polar surface area (TPSA) is 83.0 Å². The molecule has 0 spiro atoms. The van der Waals surface area contributed by atoms with Crippen molar-refractivity contribution in [2.45, 2.75) is 25.8 Å². The van der Waals surface area contributed by atoms with Crippen molar-refractivity contribution in [2.75, 3.05) is 13.7 Å². The molecule has 2 atom stereocenters. The van der Waals surface area contributed by atoms with E-state index in [1.165, 1.54) is 0 Å². The zero-order chi connectivity index (χ0) is 11.7. The zero-order valence-corrected chi connectivity index (χ0v) is 9.51. The fourth-order valence-corrected chi connectivity index (χ4v) is 1.85. The highest BCUT2D eigenvalue weighted by molar-refractivity contribution is 5.91. The van der Waals surface area contributed by atoms with Crippen LogP contribution in [0.1, 0.15) is 35.6 Å². The highest BCUT2D eigenvalue weighted by Gasteiger charge is 2.37. The number of nitrogens with two attached hydrogens (primary N) is 1. The summed E-state index contributed by atoms with van der Waals surface area (Å²) in [5.74, 6) is 0.0781. The van der Waals surface area contributed by atoms with Crippen LogP contribution >= 0.6 is 0 Å². The molecule has 1 aromatic heterocycles. The predicted molar refractivity (Wildman–Crippen MR) is 56.9 cm³/mol. The molecule has 1 aliphatic carbocycles. The first-order valence-corrected chi connectivity index (χ1v) is 5.38. The molecule has 16 heavy (non-hydrogen) atoms. The van der Waals surface area contributed by atoms with Gasteiger partial charge in [-0.1, -0.05) is 12.1 Å². The van der Waals surface area contributed by atoms with Crippen molar-refractivity contribution in [1.82, 2.24) is 15.0 Å². The molecule has 88 valence electrons. The number of carbonyl (C=O) groups excluding carboxylic acids is 1. The van der Waals surface area contributed by atoms with Crippen LogP contribution in [-0.2, 0) is 11.2 Å². The van der Waals surface area contributed by atoms with Crippen molar-refractivity contribution < 1.29 is 9.53 Å². The maximum atomic E-state index is 11.2. The molecule has 0 radical (unpaired) electrons. The Balaban J connectivity index is 2.26. The Morgan fingerprint density at radius 2 is 2.38 bits per heavy atom. The number of hydrogen-bond acceptors (Lipinski definition) is 4. The summed E-state index contributed by atoms with van der Waals surface area (Å²) in [5.41, 5.74) is 6.33. The van der Waals surface area contributed by atoms with E-state index in [-0.39, 0.29) is 5.69 Å². The van der Waals surface area contributed by atoms with Gasteiger partial charge in [0.1, 0.15) is 0 Å². The van der Waals surface area contributed by atoms with Crippen molar-refractivity contribution >= 4 is 5.91 Å². The van der Waals surface area contributed by atoms with E-state index < -0.39 is 5.91 Å². The molecule has 1 amide bonds. The van der Waals surface area contributed by atoms with Crippen LogP contribution < -0.4 is 5.73 Å². The molecular weight excluding hydrogens is 208 g/mol. The summed E-state index contributed by atoms with van der Waals surface area (Å²) in [7, 11) is 1.62. The van der Waals surface area contributed by atoms with Crippen LogP contribution in [-0.4, -0.2) is 34.6 Å². The summed E-state index contributed by atoms with van der Waals surface area (Å²) in [6.45, 7) is 2.69. The van der Waals surface area contributed by atoms with Crippen molar-refractivity contribution in [1.29, 1.82) is 0 Å². The summed E-state index contributed by atoms with van der Waals surface area (Å²) < 4.78 is 6.83. The summed E-state index contributed by atoms with van der Waals surface area (Å²) in [5, 5.41) is 7.86. The molecule has 2 unspecified atom stereocenters. The lowest BCUT2D eigenvalue weighted by molar-refractivity contribution is 0.0994. The van der Waals surface area contributed by atoms with Gasteiger partial charge in [0.15, 0.2) is 5.69 Å². The largest absolute Gasteiger partial charge is 0.384 e. The first kappa shape index (κ1) is 11.1. The summed E-state index contributed by atoms with van der Waals surface area (Å²) >= 11 is 0. The number of primary amides is 1. The third kappa shape index (κ3) is 1.92. The van der Waals surface area contributed by atoms with Gasteiger partial charge < -0.3 is 10.5 Å². The minimum atomic E-state index is -0.523. The van der Waals surface area contributed by atoms with Gasteiger partial charge in [-0.05, 0) is 12.3 Å². The highest BCUT2D eigenvalue weighted by Crippen LogP contribution is 2.42. The third-order valence-electron chi connectivity index (χ3n) is 2.95. The number of ether oxygens (including phenoxy) is 1. The Labute approximate surface area is 93.8 Å². The van der Waals surface area contributed by atoms with Gasteiger partial charge in [0.2, 0.25) is 0 Å². The second-order valence-electron chi connectivity index (χ2n) is 4.22. The van der Waals surface area contributed by atoms with Gasteiger partial charge in [-0.15, -0.1) is 5.10 Å². The fraction of sp³-hybridized carbons (Fsp3) is 0.700. The Hall–Kier alpha value is -1.43. The van der Waals surface area contributed by atoms with E-state index in [9.17, 15) is 4.79 Å². The fourth-order valence-electron chi connectivity index (χ4n) is 1.85. The van der Waals surface area contributed by atoms with Crippen LogP contribution in [0.25, 0.3) is 0 Å². The lowest BCUT2D eigenvalue weighted by Crippen LogP contribution is -2.16. The Morgan fingerprint density at radius 1 is 1.69 bits per heavy atom. The van der Waals surface area contributed by atoms with Crippen molar-refractivity contribution in [3.8, 4) is 0 Å². The zero-order valence-electron chi connectivity index (χ0n) is 9.51. The van der Waals surface area contributed by atoms with Gasteiger partial charge in [0.25, 0.3) is 5.91 Å². The molecule has 2 rings (SSSR count). The lowest BCUT2D eigenvalue weighted by atomic mass is 10.2. The molecule has 6 heteroatoms. The van der Waals surface area contributed by atoms with Gasteiger partial charge in [0, 0.05) is 13.5 Å². The van der Waals surface area contributed by atoms with Gasteiger partial charge in [-0.3, -0.25) is 4.79 Å². The highest BCUT2D eigenvalue weighted by atomic mass is 16.5. The lowest BCUT2D eigenvalue weighted by Gasteiger charge is -2.05. The Bertz CT molecular complexity index is 402. The molecule has 1 heterocycles. The van der Waals surface area contributed by atoms with Crippen LogP contribution in [0.4, 0.5) is 0 Å². The molecule has 0 aromatic carbocycles.